The van der Waals surface area contributed by atoms with Gasteiger partial charge >= 0.3 is 5.69 Å². The topological polar surface area (TPSA) is 68.1 Å². The Hall–Kier alpha value is -1.56. The van der Waals surface area contributed by atoms with Crippen LogP contribution in [-0.2, 0) is 14.1 Å². The molecule has 0 unspecified atom stereocenters. The Bertz CT molecular complexity index is 497. The van der Waals surface area contributed by atoms with E-state index in [0.717, 1.165) is 24.1 Å². The summed E-state index contributed by atoms with van der Waals surface area (Å²) in [7, 11) is 3.14. The van der Waals surface area contributed by atoms with Crippen LogP contribution < -0.4 is 21.9 Å². The minimum Gasteiger partial charge on any atom is -0.367 e. The maximum atomic E-state index is 11.7. The molecular formula is C10H16N4O2. The van der Waals surface area contributed by atoms with Gasteiger partial charge in [-0.3, -0.25) is 13.9 Å². The number of nitrogens with one attached hydrogen (secondary N) is 2. The molecule has 0 amide bonds. The summed E-state index contributed by atoms with van der Waals surface area (Å²) in [6.45, 7) is 1.83. The van der Waals surface area contributed by atoms with Gasteiger partial charge in [0.2, 0.25) is 0 Å². The zero-order chi connectivity index (χ0) is 11.7. The lowest BCUT2D eigenvalue weighted by Gasteiger charge is -2.16. The highest BCUT2D eigenvalue weighted by atomic mass is 16.2. The van der Waals surface area contributed by atoms with Gasteiger partial charge in [0.15, 0.2) is 0 Å². The third kappa shape index (κ3) is 1.88. The fourth-order valence-corrected chi connectivity index (χ4v) is 1.86. The van der Waals surface area contributed by atoms with Gasteiger partial charge in [-0.1, -0.05) is 0 Å². The van der Waals surface area contributed by atoms with Crippen molar-refractivity contribution in [1.29, 1.82) is 0 Å². The van der Waals surface area contributed by atoms with E-state index < -0.39 is 0 Å². The molecule has 1 fully saturated rings. The predicted molar refractivity (Wildman–Crippen MR) is 61.8 cm³/mol. The number of rotatable bonds is 2. The quantitative estimate of drug-likeness (QED) is 0.666. The fourth-order valence-electron chi connectivity index (χ4n) is 1.86. The van der Waals surface area contributed by atoms with E-state index in [-0.39, 0.29) is 17.3 Å². The van der Waals surface area contributed by atoms with E-state index in [2.05, 4.69) is 10.6 Å². The molecule has 0 aliphatic carbocycles. The van der Waals surface area contributed by atoms with Gasteiger partial charge in [0.1, 0.15) is 5.82 Å². The van der Waals surface area contributed by atoms with Crippen molar-refractivity contribution in [3.05, 3.63) is 26.9 Å². The highest BCUT2D eigenvalue weighted by molar-refractivity contribution is 5.35. The Morgan fingerprint density at radius 2 is 2.12 bits per heavy atom. The largest absolute Gasteiger partial charge is 0.367 e. The first-order chi connectivity index (χ1) is 7.59. The average Bonchev–Trinajstić information content (AvgIpc) is 2.76. The molecule has 1 saturated heterocycles. The Labute approximate surface area is 92.9 Å². The Balaban J connectivity index is 2.34. The number of hydrogen-bond donors (Lipinski definition) is 2. The van der Waals surface area contributed by atoms with Crippen LogP contribution in [0.5, 0.6) is 0 Å². The van der Waals surface area contributed by atoms with E-state index in [1.54, 1.807) is 7.05 Å². The number of anilines is 1. The molecule has 88 valence electrons. The van der Waals surface area contributed by atoms with Crippen molar-refractivity contribution >= 4 is 5.82 Å². The summed E-state index contributed by atoms with van der Waals surface area (Å²) in [6.07, 6.45) is 1.00. The molecule has 1 aliphatic heterocycles. The van der Waals surface area contributed by atoms with Crippen LogP contribution in [0.1, 0.15) is 6.42 Å². The number of aromatic nitrogens is 2. The summed E-state index contributed by atoms with van der Waals surface area (Å²) in [5.74, 6) is 0.585. The lowest BCUT2D eigenvalue weighted by Crippen LogP contribution is -2.38. The SMILES string of the molecule is Cn1c(N[C@H]2CCNC2)cc(=O)n(C)c1=O. The van der Waals surface area contributed by atoms with Gasteiger partial charge < -0.3 is 10.6 Å². The van der Waals surface area contributed by atoms with Gasteiger partial charge in [0, 0.05) is 32.7 Å². The van der Waals surface area contributed by atoms with Crippen LogP contribution in [0.3, 0.4) is 0 Å². The van der Waals surface area contributed by atoms with Gasteiger partial charge in [-0.05, 0) is 13.0 Å². The van der Waals surface area contributed by atoms with Gasteiger partial charge in [0.05, 0.1) is 0 Å². The van der Waals surface area contributed by atoms with Crippen LogP contribution in [0.25, 0.3) is 0 Å². The van der Waals surface area contributed by atoms with E-state index in [9.17, 15) is 9.59 Å². The lowest BCUT2D eigenvalue weighted by atomic mass is 10.2. The van der Waals surface area contributed by atoms with E-state index in [0.29, 0.717) is 5.82 Å². The van der Waals surface area contributed by atoms with Gasteiger partial charge in [-0.2, -0.15) is 0 Å². The molecule has 1 aliphatic rings. The number of hydrogen-bond acceptors (Lipinski definition) is 4. The van der Waals surface area contributed by atoms with Crippen LogP contribution in [0.2, 0.25) is 0 Å². The summed E-state index contributed by atoms with van der Waals surface area (Å²) < 4.78 is 2.55. The Morgan fingerprint density at radius 1 is 1.38 bits per heavy atom. The molecule has 2 heterocycles. The molecule has 6 nitrogen and oxygen atoms in total. The van der Waals surface area contributed by atoms with E-state index in [1.807, 2.05) is 0 Å². The van der Waals surface area contributed by atoms with Crippen LogP contribution in [-0.4, -0.2) is 28.3 Å². The summed E-state index contributed by atoms with van der Waals surface area (Å²) >= 11 is 0. The first kappa shape index (κ1) is 10.9. The Morgan fingerprint density at radius 3 is 2.75 bits per heavy atom. The highest BCUT2D eigenvalue weighted by Gasteiger charge is 2.15. The Kier molecular flexibility index (Phi) is 2.82. The van der Waals surface area contributed by atoms with E-state index in [1.165, 1.54) is 17.7 Å². The van der Waals surface area contributed by atoms with Crippen molar-refractivity contribution < 1.29 is 0 Å². The first-order valence-corrected chi connectivity index (χ1v) is 5.34. The van der Waals surface area contributed by atoms with Crippen molar-refractivity contribution in [3.63, 3.8) is 0 Å². The predicted octanol–water partition coefficient (Wildman–Crippen LogP) is -1.14. The van der Waals surface area contributed by atoms with Crippen molar-refractivity contribution in [3.8, 4) is 0 Å². The highest BCUT2D eigenvalue weighted by Crippen LogP contribution is 2.06. The third-order valence-electron chi connectivity index (χ3n) is 2.94. The molecule has 1 aromatic heterocycles. The summed E-state index contributed by atoms with van der Waals surface area (Å²) in [4.78, 5) is 23.1. The van der Waals surface area contributed by atoms with E-state index >= 15 is 0 Å². The van der Waals surface area contributed by atoms with Crippen molar-refractivity contribution in [1.82, 2.24) is 14.5 Å². The van der Waals surface area contributed by atoms with Crippen LogP contribution in [0, 0.1) is 0 Å². The smallest absolute Gasteiger partial charge is 0.332 e. The second-order valence-electron chi connectivity index (χ2n) is 4.10. The molecule has 2 rings (SSSR count). The van der Waals surface area contributed by atoms with Crippen LogP contribution >= 0.6 is 0 Å². The van der Waals surface area contributed by atoms with Crippen molar-refractivity contribution in [2.24, 2.45) is 14.1 Å². The molecule has 0 aromatic carbocycles. The van der Waals surface area contributed by atoms with Gasteiger partial charge in [-0.25, -0.2) is 4.79 Å². The molecule has 1 atom stereocenters. The molecule has 0 spiro atoms. The molecule has 1 aromatic rings. The normalized spacial score (nSPS) is 20.0. The van der Waals surface area contributed by atoms with Crippen LogP contribution in [0.4, 0.5) is 5.82 Å². The maximum Gasteiger partial charge on any atom is 0.332 e. The van der Waals surface area contributed by atoms with Crippen LogP contribution in [0.15, 0.2) is 15.7 Å². The molecule has 0 radical (unpaired) electrons. The first-order valence-electron chi connectivity index (χ1n) is 5.34. The second kappa shape index (κ2) is 4.13. The molecule has 0 saturated carbocycles. The number of nitrogens with zero attached hydrogens (tertiary/aromatic N) is 2. The molecule has 2 N–H and O–H groups in total. The van der Waals surface area contributed by atoms with Crippen molar-refractivity contribution in [2.75, 3.05) is 18.4 Å². The second-order valence-corrected chi connectivity index (χ2v) is 4.10. The van der Waals surface area contributed by atoms with E-state index in [4.69, 9.17) is 0 Å². The molecular weight excluding hydrogens is 208 g/mol. The summed E-state index contributed by atoms with van der Waals surface area (Å²) in [5, 5.41) is 6.42. The fraction of sp³-hybridized carbons (Fsp3) is 0.600. The minimum atomic E-state index is -0.305. The van der Waals surface area contributed by atoms with Gasteiger partial charge in [-0.15, -0.1) is 0 Å². The summed E-state index contributed by atoms with van der Waals surface area (Å²) in [5.41, 5.74) is -0.586. The summed E-state index contributed by atoms with van der Waals surface area (Å²) in [6, 6.07) is 1.75. The lowest BCUT2D eigenvalue weighted by molar-refractivity contribution is 0.676. The standard InChI is InChI=1S/C10H16N4O2/c1-13-8(12-7-3-4-11-6-7)5-9(15)14(2)10(13)16/h5,7,11-12H,3-4,6H2,1-2H3/t7-/m0/s1. The molecule has 16 heavy (non-hydrogen) atoms. The molecule has 0 bridgehead atoms. The maximum absolute atomic E-state index is 11.7. The van der Waals surface area contributed by atoms with Crippen molar-refractivity contribution in [2.45, 2.75) is 12.5 Å². The molecule has 6 heteroatoms. The average molecular weight is 224 g/mol. The third-order valence-corrected chi connectivity index (χ3v) is 2.94. The van der Waals surface area contributed by atoms with Gasteiger partial charge in [0.25, 0.3) is 5.56 Å². The minimum absolute atomic E-state index is 0.281. The monoisotopic (exact) mass is 224 g/mol. The zero-order valence-corrected chi connectivity index (χ0v) is 9.49. The zero-order valence-electron chi connectivity index (χ0n) is 9.49.